The number of hydrogen-bond donors (Lipinski definition) is 1. The van der Waals surface area contributed by atoms with Crippen molar-refractivity contribution >= 4 is 0 Å². The first kappa shape index (κ1) is 12.3. The Labute approximate surface area is 113 Å². The molecule has 1 aliphatic heterocycles. The van der Waals surface area contributed by atoms with E-state index in [0.29, 0.717) is 5.92 Å². The van der Waals surface area contributed by atoms with E-state index >= 15 is 0 Å². The molecule has 5 heteroatoms. The summed E-state index contributed by atoms with van der Waals surface area (Å²) in [4.78, 5) is 1.79. The van der Waals surface area contributed by atoms with Crippen LogP contribution in [0.5, 0.6) is 0 Å². The van der Waals surface area contributed by atoms with Crippen molar-refractivity contribution in [2.75, 3.05) is 13.1 Å². The van der Waals surface area contributed by atoms with Crippen molar-refractivity contribution in [3.8, 4) is 0 Å². The number of nitrogens with one attached hydrogen (secondary N) is 1. The van der Waals surface area contributed by atoms with Gasteiger partial charge in [0, 0.05) is 0 Å². The predicted molar refractivity (Wildman–Crippen MR) is 72.7 cm³/mol. The fourth-order valence-electron chi connectivity index (χ4n) is 2.82. The monoisotopic (exact) mass is 257 g/mol. The molecule has 19 heavy (non-hydrogen) atoms. The van der Waals surface area contributed by atoms with E-state index in [-0.39, 0.29) is 6.04 Å². The fraction of sp³-hybridized carbons (Fsp3) is 0.500. The first-order valence-electron chi connectivity index (χ1n) is 6.86. The topological polar surface area (TPSA) is 55.6 Å². The number of benzene rings is 1. The Bertz CT molecular complexity index is 516. The molecule has 0 amide bonds. The zero-order chi connectivity index (χ0) is 13.1. The van der Waals surface area contributed by atoms with Gasteiger partial charge in [0.15, 0.2) is 5.82 Å². The molecule has 0 unspecified atom stereocenters. The van der Waals surface area contributed by atoms with Gasteiger partial charge in [-0.15, -0.1) is 10.2 Å². The van der Waals surface area contributed by atoms with Crippen molar-refractivity contribution in [3.05, 3.63) is 41.7 Å². The minimum absolute atomic E-state index is 0.199. The van der Waals surface area contributed by atoms with Crippen molar-refractivity contribution in [2.45, 2.75) is 25.8 Å². The van der Waals surface area contributed by atoms with E-state index < -0.39 is 0 Å². The third-order valence-electron chi connectivity index (χ3n) is 3.75. The zero-order valence-corrected chi connectivity index (χ0v) is 11.2. The van der Waals surface area contributed by atoms with Crippen LogP contribution in [0.4, 0.5) is 0 Å². The lowest BCUT2D eigenvalue weighted by atomic mass is 9.86. The SMILES string of the molecule is Cc1nnn([C@@H](c2ccccc2)C2CCNCC2)n1. The molecular formula is C14H19N5. The Hall–Kier alpha value is -1.75. The maximum Gasteiger partial charge on any atom is 0.171 e. The van der Waals surface area contributed by atoms with E-state index in [9.17, 15) is 0 Å². The smallest absolute Gasteiger partial charge is 0.171 e. The normalized spacial score (nSPS) is 18.4. The zero-order valence-electron chi connectivity index (χ0n) is 11.2. The second kappa shape index (κ2) is 5.48. The summed E-state index contributed by atoms with van der Waals surface area (Å²) in [6.45, 7) is 4.03. The second-order valence-corrected chi connectivity index (χ2v) is 5.10. The van der Waals surface area contributed by atoms with Crippen LogP contribution < -0.4 is 5.32 Å². The molecule has 0 aliphatic carbocycles. The Morgan fingerprint density at radius 2 is 1.95 bits per heavy atom. The number of rotatable bonds is 3. The molecule has 1 fully saturated rings. The van der Waals surface area contributed by atoms with Gasteiger partial charge in [-0.1, -0.05) is 30.3 Å². The lowest BCUT2D eigenvalue weighted by Gasteiger charge is -2.30. The van der Waals surface area contributed by atoms with Crippen molar-refractivity contribution < 1.29 is 0 Å². The third-order valence-corrected chi connectivity index (χ3v) is 3.75. The number of aryl methyl sites for hydroxylation is 1. The molecule has 1 N–H and O–H groups in total. The lowest BCUT2D eigenvalue weighted by molar-refractivity contribution is 0.257. The average Bonchev–Trinajstić information content (AvgIpc) is 2.88. The van der Waals surface area contributed by atoms with E-state index in [1.54, 1.807) is 4.80 Å². The average molecular weight is 257 g/mol. The van der Waals surface area contributed by atoms with Crippen molar-refractivity contribution in [1.29, 1.82) is 0 Å². The van der Waals surface area contributed by atoms with Gasteiger partial charge in [-0.25, -0.2) is 0 Å². The highest BCUT2D eigenvalue weighted by Gasteiger charge is 2.28. The van der Waals surface area contributed by atoms with E-state index in [4.69, 9.17) is 0 Å². The van der Waals surface area contributed by atoms with Crippen LogP contribution in [0.1, 0.15) is 30.3 Å². The summed E-state index contributed by atoms with van der Waals surface area (Å²) in [5, 5.41) is 16.1. The van der Waals surface area contributed by atoms with Crippen molar-refractivity contribution in [1.82, 2.24) is 25.5 Å². The van der Waals surface area contributed by atoms with E-state index in [0.717, 1.165) is 31.8 Å². The standard InChI is InChI=1S/C14H19N5/c1-11-16-18-19(17-11)14(12-5-3-2-4-6-12)13-7-9-15-10-8-13/h2-6,13-15H,7-10H2,1H3/t14-/m0/s1. The van der Waals surface area contributed by atoms with Crippen LogP contribution >= 0.6 is 0 Å². The number of aromatic nitrogens is 4. The van der Waals surface area contributed by atoms with Crippen LogP contribution in [0.3, 0.4) is 0 Å². The van der Waals surface area contributed by atoms with E-state index in [1.165, 1.54) is 5.56 Å². The Morgan fingerprint density at radius 1 is 1.21 bits per heavy atom. The number of tetrazole rings is 1. The van der Waals surface area contributed by atoms with E-state index in [1.807, 2.05) is 13.0 Å². The largest absolute Gasteiger partial charge is 0.317 e. The summed E-state index contributed by atoms with van der Waals surface area (Å²) < 4.78 is 0. The Morgan fingerprint density at radius 3 is 2.58 bits per heavy atom. The molecule has 2 aromatic rings. The maximum absolute atomic E-state index is 4.44. The number of hydrogen-bond acceptors (Lipinski definition) is 4. The second-order valence-electron chi connectivity index (χ2n) is 5.10. The molecule has 1 aliphatic rings. The molecule has 0 spiro atoms. The van der Waals surface area contributed by atoms with Crippen molar-refractivity contribution in [2.24, 2.45) is 5.92 Å². The fourth-order valence-corrected chi connectivity index (χ4v) is 2.82. The Balaban J connectivity index is 1.95. The minimum atomic E-state index is 0.199. The molecule has 2 heterocycles. The number of piperidine rings is 1. The van der Waals surface area contributed by atoms with Crippen LogP contribution in [-0.2, 0) is 0 Å². The lowest BCUT2D eigenvalue weighted by Crippen LogP contribution is -2.34. The molecule has 0 bridgehead atoms. The summed E-state index contributed by atoms with van der Waals surface area (Å²) in [6.07, 6.45) is 2.31. The summed E-state index contributed by atoms with van der Waals surface area (Å²) >= 11 is 0. The molecule has 1 aromatic heterocycles. The van der Waals surface area contributed by atoms with Crippen molar-refractivity contribution in [3.63, 3.8) is 0 Å². The highest BCUT2D eigenvalue weighted by Crippen LogP contribution is 2.31. The van der Waals surface area contributed by atoms with Gasteiger partial charge in [-0.05, 0) is 49.5 Å². The van der Waals surface area contributed by atoms with Gasteiger partial charge in [-0.2, -0.15) is 4.80 Å². The molecule has 1 saturated heterocycles. The van der Waals surface area contributed by atoms with Crippen LogP contribution in [0.2, 0.25) is 0 Å². The molecule has 5 nitrogen and oxygen atoms in total. The molecule has 0 radical (unpaired) electrons. The molecule has 0 saturated carbocycles. The molecule has 1 aromatic carbocycles. The predicted octanol–water partition coefficient (Wildman–Crippen LogP) is 1.57. The maximum atomic E-state index is 4.44. The quantitative estimate of drug-likeness (QED) is 0.907. The Kier molecular flexibility index (Phi) is 3.55. The molecular weight excluding hydrogens is 238 g/mol. The summed E-state index contributed by atoms with van der Waals surface area (Å²) in [5.41, 5.74) is 1.27. The first-order valence-corrected chi connectivity index (χ1v) is 6.86. The molecule has 1 atom stereocenters. The van der Waals surface area contributed by atoms with Gasteiger partial charge in [-0.3, -0.25) is 0 Å². The molecule has 100 valence electrons. The number of nitrogens with zero attached hydrogens (tertiary/aromatic N) is 4. The summed E-state index contributed by atoms with van der Waals surface area (Å²) in [6, 6.07) is 10.7. The van der Waals surface area contributed by atoms with Crippen LogP contribution in [0, 0.1) is 12.8 Å². The van der Waals surface area contributed by atoms with Crippen LogP contribution in [-0.4, -0.2) is 33.3 Å². The summed E-state index contributed by atoms with van der Waals surface area (Å²) in [7, 11) is 0. The van der Waals surface area contributed by atoms with Crippen LogP contribution in [0.25, 0.3) is 0 Å². The first-order chi connectivity index (χ1) is 9.34. The van der Waals surface area contributed by atoms with Gasteiger partial charge in [0.2, 0.25) is 0 Å². The molecule has 3 rings (SSSR count). The highest BCUT2D eigenvalue weighted by atomic mass is 15.6. The summed E-state index contributed by atoms with van der Waals surface area (Å²) in [5.74, 6) is 1.30. The third kappa shape index (κ3) is 2.66. The van der Waals surface area contributed by atoms with Gasteiger partial charge in [0.25, 0.3) is 0 Å². The minimum Gasteiger partial charge on any atom is -0.317 e. The van der Waals surface area contributed by atoms with Gasteiger partial charge in [0.1, 0.15) is 6.04 Å². The van der Waals surface area contributed by atoms with Gasteiger partial charge >= 0.3 is 0 Å². The van der Waals surface area contributed by atoms with Crippen LogP contribution in [0.15, 0.2) is 30.3 Å². The van der Waals surface area contributed by atoms with Gasteiger partial charge in [0.05, 0.1) is 0 Å². The van der Waals surface area contributed by atoms with Gasteiger partial charge < -0.3 is 5.32 Å². The van der Waals surface area contributed by atoms with E-state index in [2.05, 4.69) is 45.0 Å². The highest BCUT2D eigenvalue weighted by molar-refractivity contribution is 5.20.